The molecule has 1 aliphatic heterocycles. The van der Waals surface area contributed by atoms with Crippen LogP contribution in [0.2, 0.25) is 0 Å². The molecule has 0 bridgehead atoms. The van der Waals surface area contributed by atoms with E-state index in [1.54, 1.807) is 0 Å². The molecular weight excluding hydrogens is 260 g/mol. The number of rotatable bonds is 5. The van der Waals surface area contributed by atoms with Crippen LogP contribution >= 0.6 is 0 Å². The average Bonchev–Trinajstić information content (AvgIpc) is 2.67. The summed E-state index contributed by atoms with van der Waals surface area (Å²) in [4.78, 5) is 2.60. The van der Waals surface area contributed by atoms with E-state index in [-0.39, 0.29) is 0 Å². The molecule has 4 nitrogen and oxygen atoms in total. The van der Waals surface area contributed by atoms with Crippen LogP contribution in [0.15, 0.2) is 6.20 Å². The van der Waals surface area contributed by atoms with Crippen molar-refractivity contribution in [3.8, 4) is 0 Å². The fourth-order valence-electron chi connectivity index (χ4n) is 3.70. The lowest BCUT2D eigenvalue weighted by molar-refractivity contribution is 0.203. The molecule has 2 unspecified atom stereocenters. The molecule has 0 amide bonds. The Morgan fingerprint density at radius 1 is 1.33 bits per heavy atom. The van der Waals surface area contributed by atoms with E-state index in [1.165, 1.54) is 43.6 Å². The van der Waals surface area contributed by atoms with Gasteiger partial charge in [-0.25, -0.2) is 0 Å². The van der Waals surface area contributed by atoms with E-state index in [0.29, 0.717) is 12.6 Å². The second-order valence-corrected chi connectivity index (χ2v) is 6.78. The van der Waals surface area contributed by atoms with E-state index >= 15 is 0 Å². The summed E-state index contributed by atoms with van der Waals surface area (Å²) in [5, 5.41) is 4.59. The number of aromatic nitrogens is 2. The van der Waals surface area contributed by atoms with Crippen LogP contribution in [0.1, 0.15) is 57.3 Å². The number of hydrogen-bond acceptors (Lipinski definition) is 3. The first-order chi connectivity index (χ1) is 10.1. The third-order valence-electron chi connectivity index (χ3n) is 5.05. The summed E-state index contributed by atoms with van der Waals surface area (Å²) in [6.45, 7) is 9.92. The highest BCUT2D eigenvalue weighted by Gasteiger charge is 2.27. The first-order valence-corrected chi connectivity index (χ1v) is 8.53. The zero-order chi connectivity index (χ0) is 15.4. The van der Waals surface area contributed by atoms with Gasteiger partial charge in [-0.1, -0.05) is 20.8 Å². The molecule has 0 aliphatic carbocycles. The highest BCUT2D eigenvalue weighted by atomic mass is 15.3. The molecule has 0 radical (unpaired) electrons. The first kappa shape index (κ1) is 16.5. The van der Waals surface area contributed by atoms with Crippen molar-refractivity contribution in [2.45, 2.75) is 52.5 Å². The van der Waals surface area contributed by atoms with E-state index in [0.717, 1.165) is 18.3 Å². The molecule has 2 rings (SSSR count). The zero-order valence-electron chi connectivity index (χ0n) is 14.2. The Hall–Kier alpha value is -0.870. The summed E-state index contributed by atoms with van der Waals surface area (Å²) in [6.07, 6.45) is 7.10. The molecule has 21 heavy (non-hydrogen) atoms. The van der Waals surface area contributed by atoms with Gasteiger partial charge in [-0.3, -0.25) is 9.58 Å². The second-order valence-electron chi connectivity index (χ2n) is 6.78. The second kappa shape index (κ2) is 7.41. The molecule has 120 valence electrons. The summed E-state index contributed by atoms with van der Waals surface area (Å²) in [5.41, 5.74) is 8.68. The van der Waals surface area contributed by atoms with Crippen LogP contribution in [-0.4, -0.2) is 34.3 Å². The Morgan fingerprint density at radius 3 is 2.71 bits per heavy atom. The van der Waals surface area contributed by atoms with Gasteiger partial charge >= 0.3 is 0 Å². The minimum absolute atomic E-state index is 0.333. The first-order valence-electron chi connectivity index (χ1n) is 8.53. The minimum Gasteiger partial charge on any atom is -0.329 e. The molecule has 1 aliphatic rings. The maximum Gasteiger partial charge on any atom is 0.0670 e. The maximum atomic E-state index is 6.14. The van der Waals surface area contributed by atoms with Crippen molar-refractivity contribution in [1.82, 2.24) is 14.7 Å². The summed E-state index contributed by atoms with van der Waals surface area (Å²) in [6, 6.07) is 0.333. The van der Waals surface area contributed by atoms with Gasteiger partial charge in [0.25, 0.3) is 0 Å². The van der Waals surface area contributed by atoms with Gasteiger partial charge in [0, 0.05) is 25.4 Å². The van der Waals surface area contributed by atoms with Gasteiger partial charge in [-0.15, -0.1) is 0 Å². The van der Waals surface area contributed by atoms with Gasteiger partial charge in [0.1, 0.15) is 0 Å². The van der Waals surface area contributed by atoms with Gasteiger partial charge in [0.2, 0.25) is 0 Å². The SMILES string of the molecule is CCc1nn(C)cc1C(CN)N1CCCC(C(C)C)CC1. The fourth-order valence-corrected chi connectivity index (χ4v) is 3.70. The zero-order valence-corrected chi connectivity index (χ0v) is 14.2. The summed E-state index contributed by atoms with van der Waals surface area (Å²) in [7, 11) is 2.01. The average molecular weight is 292 g/mol. The van der Waals surface area contributed by atoms with Crippen LogP contribution in [0.5, 0.6) is 0 Å². The Labute approximate surface area is 129 Å². The maximum absolute atomic E-state index is 6.14. The van der Waals surface area contributed by atoms with Crippen LogP contribution in [0.4, 0.5) is 0 Å². The molecule has 1 saturated heterocycles. The van der Waals surface area contributed by atoms with Crippen molar-refractivity contribution in [3.05, 3.63) is 17.5 Å². The van der Waals surface area contributed by atoms with Gasteiger partial charge in [0.15, 0.2) is 0 Å². The molecule has 0 saturated carbocycles. The molecule has 4 heteroatoms. The largest absolute Gasteiger partial charge is 0.329 e. The smallest absolute Gasteiger partial charge is 0.0670 e. The lowest BCUT2D eigenvalue weighted by atomic mass is 9.89. The number of likely N-dealkylation sites (tertiary alicyclic amines) is 1. The normalized spacial score (nSPS) is 22.5. The number of nitrogens with zero attached hydrogens (tertiary/aromatic N) is 3. The summed E-state index contributed by atoms with van der Waals surface area (Å²) >= 11 is 0. The van der Waals surface area contributed by atoms with Crippen LogP contribution in [0.25, 0.3) is 0 Å². The molecule has 0 aromatic carbocycles. The molecule has 2 atom stereocenters. The van der Waals surface area contributed by atoms with Crippen LogP contribution in [0.3, 0.4) is 0 Å². The van der Waals surface area contributed by atoms with Gasteiger partial charge < -0.3 is 5.73 Å². The Morgan fingerprint density at radius 2 is 2.10 bits per heavy atom. The highest BCUT2D eigenvalue weighted by Crippen LogP contribution is 2.30. The van der Waals surface area contributed by atoms with Crippen molar-refractivity contribution in [2.75, 3.05) is 19.6 Å². The molecular formula is C17H32N4. The topological polar surface area (TPSA) is 47.1 Å². The predicted octanol–water partition coefficient (Wildman–Crippen LogP) is 2.74. The van der Waals surface area contributed by atoms with E-state index in [1.807, 2.05) is 11.7 Å². The Kier molecular flexibility index (Phi) is 5.82. The quantitative estimate of drug-likeness (QED) is 0.907. The number of hydrogen-bond donors (Lipinski definition) is 1. The molecule has 0 spiro atoms. The monoisotopic (exact) mass is 292 g/mol. The van der Waals surface area contributed by atoms with Crippen molar-refractivity contribution in [1.29, 1.82) is 0 Å². The molecule has 1 aromatic heterocycles. The molecule has 2 N–H and O–H groups in total. The highest BCUT2D eigenvalue weighted by molar-refractivity contribution is 5.22. The van der Waals surface area contributed by atoms with Crippen LogP contribution in [0, 0.1) is 11.8 Å². The molecule has 2 heterocycles. The standard InChI is InChI=1S/C17H32N4/c1-5-16-15(12-20(4)19-16)17(11-18)21-9-6-7-14(8-10-21)13(2)3/h12-14,17H,5-11,18H2,1-4H3. The van der Waals surface area contributed by atoms with Gasteiger partial charge in [0.05, 0.1) is 11.7 Å². The Balaban J connectivity index is 2.13. The van der Waals surface area contributed by atoms with Crippen molar-refractivity contribution in [2.24, 2.45) is 24.6 Å². The molecule has 1 aromatic rings. The van der Waals surface area contributed by atoms with E-state index < -0.39 is 0 Å². The van der Waals surface area contributed by atoms with E-state index in [9.17, 15) is 0 Å². The van der Waals surface area contributed by atoms with Crippen molar-refractivity contribution in [3.63, 3.8) is 0 Å². The van der Waals surface area contributed by atoms with Crippen LogP contribution < -0.4 is 5.73 Å². The van der Waals surface area contributed by atoms with E-state index in [4.69, 9.17) is 5.73 Å². The lowest BCUT2D eigenvalue weighted by Crippen LogP contribution is -2.35. The lowest BCUT2D eigenvalue weighted by Gasteiger charge is -2.30. The van der Waals surface area contributed by atoms with Gasteiger partial charge in [-0.2, -0.15) is 5.10 Å². The predicted molar refractivity (Wildman–Crippen MR) is 88.1 cm³/mol. The number of nitrogens with two attached hydrogens (primary N) is 1. The van der Waals surface area contributed by atoms with E-state index in [2.05, 4.69) is 37.0 Å². The molecule has 1 fully saturated rings. The van der Waals surface area contributed by atoms with Crippen molar-refractivity contribution >= 4 is 0 Å². The Bertz CT molecular complexity index is 438. The summed E-state index contributed by atoms with van der Waals surface area (Å²) in [5.74, 6) is 1.67. The van der Waals surface area contributed by atoms with Crippen molar-refractivity contribution < 1.29 is 0 Å². The van der Waals surface area contributed by atoms with Gasteiger partial charge in [-0.05, 0) is 50.6 Å². The third kappa shape index (κ3) is 3.86. The third-order valence-corrected chi connectivity index (χ3v) is 5.05. The number of aryl methyl sites for hydroxylation is 2. The van der Waals surface area contributed by atoms with Crippen LogP contribution in [-0.2, 0) is 13.5 Å². The minimum atomic E-state index is 0.333. The fraction of sp³-hybridized carbons (Fsp3) is 0.824. The summed E-state index contributed by atoms with van der Waals surface area (Å²) < 4.78 is 1.94.